The van der Waals surface area contributed by atoms with Crippen LogP contribution in [0.3, 0.4) is 0 Å². The van der Waals surface area contributed by atoms with E-state index in [2.05, 4.69) is 6.07 Å². The van der Waals surface area contributed by atoms with Crippen molar-refractivity contribution in [1.29, 1.82) is 5.26 Å². The molecule has 0 spiro atoms. The first-order valence-corrected chi connectivity index (χ1v) is 5.35. The van der Waals surface area contributed by atoms with Gasteiger partial charge >= 0.3 is 5.97 Å². The van der Waals surface area contributed by atoms with E-state index >= 15 is 0 Å². The lowest BCUT2D eigenvalue weighted by Gasteiger charge is -2.22. The number of nitrogens with zero attached hydrogens (tertiary/aromatic N) is 1. The highest BCUT2D eigenvalue weighted by atomic mass is 16.5. The SMILES string of the molecule is CCOC(=O)[C@@](C#N)(CC)c1ccccc1. The molecule has 0 heterocycles. The predicted octanol–water partition coefficient (Wildman–Crippen LogP) is 2.42. The number of carbonyl (C=O) groups excluding carboxylic acids is 1. The van der Waals surface area contributed by atoms with Crippen molar-refractivity contribution in [3.8, 4) is 6.07 Å². The third-order valence-electron chi connectivity index (χ3n) is 2.61. The first-order valence-electron chi connectivity index (χ1n) is 5.35. The van der Waals surface area contributed by atoms with E-state index in [1.54, 1.807) is 19.1 Å². The fourth-order valence-corrected chi connectivity index (χ4v) is 1.63. The molecule has 0 radical (unpaired) electrons. The third-order valence-corrected chi connectivity index (χ3v) is 2.61. The van der Waals surface area contributed by atoms with Crippen LogP contribution in [0, 0.1) is 11.3 Å². The molecule has 1 atom stereocenters. The van der Waals surface area contributed by atoms with Gasteiger partial charge in [-0.25, -0.2) is 4.79 Å². The van der Waals surface area contributed by atoms with E-state index in [4.69, 9.17) is 4.74 Å². The van der Waals surface area contributed by atoms with Gasteiger partial charge in [-0.05, 0) is 18.9 Å². The van der Waals surface area contributed by atoms with Gasteiger partial charge in [-0.1, -0.05) is 37.3 Å². The summed E-state index contributed by atoms with van der Waals surface area (Å²) < 4.78 is 4.98. The molecule has 84 valence electrons. The number of rotatable bonds is 4. The molecule has 3 heteroatoms. The fourth-order valence-electron chi connectivity index (χ4n) is 1.63. The molecule has 0 aliphatic rings. The smallest absolute Gasteiger partial charge is 0.331 e. The Bertz CT molecular complexity index is 394. The maximum atomic E-state index is 11.9. The molecule has 0 saturated carbocycles. The highest BCUT2D eigenvalue weighted by Gasteiger charge is 2.40. The van der Waals surface area contributed by atoms with Crippen LogP contribution >= 0.6 is 0 Å². The Balaban J connectivity index is 3.17. The van der Waals surface area contributed by atoms with Gasteiger partial charge in [0.15, 0.2) is 5.41 Å². The lowest BCUT2D eigenvalue weighted by Crippen LogP contribution is -2.35. The van der Waals surface area contributed by atoms with Gasteiger partial charge in [-0.3, -0.25) is 0 Å². The molecule has 0 aromatic heterocycles. The quantitative estimate of drug-likeness (QED) is 0.728. The molecule has 0 aliphatic heterocycles. The molecule has 0 saturated heterocycles. The number of hydrogen-bond donors (Lipinski definition) is 0. The molecule has 0 amide bonds. The molecule has 1 aromatic rings. The van der Waals surface area contributed by atoms with Gasteiger partial charge in [-0.2, -0.15) is 5.26 Å². The number of ether oxygens (including phenoxy) is 1. The van der Waals surface area contributed by atoms with Gasteiger partial charge in [0.1, 0.15) is 0 Å². The second kappa shape index (κ2) is 5.32. The maximum absolute atomic E-state index is 11.9. The molecule has 3 nitrogen and oxygen atoms in total. The van der Waals surface area contributed by atoms with Crippen LogP contribution in [-0.4, -0.2) is 12.6 Å². The fraction of sp³-hybridized carbons (Fsp3) is 0.385. The van der Waals surface area contributed by atoms with Gasteiger partial charge in [0, 0.05) is 0 Å². The number of esters is 1. The van der Waals surface area contributed by atoms with E-state index < -0.39 is 11.4 Å². The molecular weight excluding hydrogens is 202 g/mol. The lowest BCUT2D eigenvalue weighted by atomic mass is 9.79. The van der Waals surface area contributed by atoms with Crippen LogP contribution in [0.4, 0.5) is 0 Å². The molecule has 0 unspecified atom stereocenters. The van der Waals surface area contributed by atoms with Crippen LogP contribution in [0.2, 0.25) is 0 Å². The molecule has 1 aromatic carbocycles. The first-order chi connectivity index (χ1) is 7.71. The van der Waals surface area contributed by atoms with Crippen molar-refractivity contribution < 1.29 is 9.53 Å². The zero-order valence-corrected chi connectivity index (χ0v) is 9.56. The Morgan fingerprint density at radius 1 is 1.38 bits per heavy atom. The van der Waals surface area contributed by atoms with E-state index in [0.717, 1.165) is 0 Å². The van der Waals surface area contributed by atoms with E-state index in [1.165, 1.54) is 0 Å². The Morgan fingerprint density at radius 2 is 2.00 bits per heavy atom. The van der Waals surface area contributed by atoms with Crippen molar-refractivity contribution in [2.24, 2.45) is 0 Å². The van der Waals surface area contributed by atoms with Crippen molar-refractivity contribution in [2.45, 2.75) is 25.7 Å². The first kappa shape index (κ1) is 12.3. The van der Waals surface area contributed by atoms with E-state index in [0.29, 0.717) is 12.0 Å². The van der Waals surface area contributed by atoms with E-state index in [1.807, 2.05) is 25.1 Å². The van der Waals surface area contributed by atoms with Crippen molar-refractivity contribution in [3.05, 3.63) is 35.9 Å². The van der Waals surface area contributed by atoms with Gasteiger partial charge in [0.05, 0.1) is 12.7 Å². The van der Waals surface area contributed by atoms with Gasteiger partial charge in [0.25, 0.3) is 0 Å². The summed E-state index contributed by atoms with van der Waals surface area (Å²) in [6.07, 6.45) is 0.409. The summed E-state index contributed by atoms with van der Waals surface area (Å²) in [5.41, 5.74) is -0.476. The van der Waals surface area contributed by atoms with Crippen LogP contribution < -0.4 is 0 Å². The molecule has 16 heavy (non-hydrogen) atoms. The summed E-state index contributed by atoms with van der Waals surface area (Å²) in [6, 6.07) is 11.1. The zero-order chi connectivity index (χ0) is 12.0. The predicted molar refractivity (Wildman–Crippen MR) is 60.7 cm³/mol. The zero-order valence-electron chi connectivity index (χ0n) is 9.56. The molecule has 0 fully saturated rings. The lowest BCUT2D eigenvalue weighted by molar-refractivity contribution is -0.148. The highest BCUT2D eigenvalue weighted by Crippen LogP contribution is 2.28. The Kier molecular flexibility index (Phi) is 4.07. The Hall–Kier alpha value is -1.82. The van der Waals surface area contributed by atoms with Gasteiger partial charge in [0.2, 0.25) is 0 Å². The second-order valence-electron chi connectivity index (χ2n) is 3.46. The van der Waals surface area contributed by atoms with Crippen molar-refractivity contribution in [2.75, 3.05) is 6.61 Å². The minimum absolute atomic E-state index is 0.287. The van der Waals surface area contributed by atoms with Crippen LogP contribution in [-0.2, 0) is 14.9 Å². The van der Waals surface area contributed by atoms with Crippen molar-refractivity contribution in [1.82, 2.24) is 0 Å². The number of hydrogen-bond acceptors (Lipinski definition) is 3. The summed E-state index contributed by atoms with van der Waals surface area (Å²) in [7, 11) is 0. The highest BCUT2D eigenvalue weighted by molar-refractivity contribution is 5.86. The largest absolute Gasteiger partial charge is 0.465 e. The number of nitriles is 1. The second-order valence-corrected chi connectivity index (χ2v) is 3.46. The molecule has 0 N–H and O–H groups in total. The van der Waals surface area contributed by atoms with Crippen LogP contribution in [0.5, 0.6) is 0 Å². The standard InChI is InChI=1S/C13H15NO2/c1-3-13(10-14,12(15)16-4-2)11-8-6-5-7-9-11/h5-9H,3-4H2,1-2H3/t13-/m1/s1. The number of benzene rings is 1. The maximum Gasteiger partial charge on any atom is 0.331 e. The Morgan fingerprint density at radius 3 is 2.44 bits per heavy atom. The summed E-state index contributed by atoms with van der Waals surface area (Å²) >= 11 is 0. The minimum atomic E-state index is -1.17. The minimum Gasteiger partial charge on any atom is -0.465 e. The Labute approximate surface area is 95.7 Å². The molecule has 0 aliphatic carbocycles. The van der Waals surface area contributed by atoms with Gasteiger partial charge in [-0.15, -0.1) is 0 Å². The monoisotopic (exact) mass is 217 g/mol. The van der Waals surface area contributed by atoms with Gasteiger partial charge < -0.3 is 4.74 Å². The van der Waals surface area contributed by atoms with Crippen molar-refractivity contribution >= 4 is 5.97 Å². The topological polar surface area (TPSA) is 50.1 Å². The van der Waals surface area contributed by atoms with Crippen molar-refractivity contribution in [3.63, 3.8) is 0 Å². The molecule has 0 bridgehead atoms. The summed E-state index contributed by atoms with van der Waals surface area (Å²) in [5.74, 6) is -0.466. The van der Waals surface area contributed by atoms with Crippen LogP contribution in [0.15, 0.2) is 30.3 Å². The van der Waals surface area contributed by atoms with E-state index in [-0.39, 0.29) is 6.61 Å². The normalized spacial score (nSPS) is 13.6. The number of carbonyl (C=O) groups is 1. The van der Waals surface area contributed by atoms with Crippen LogP contribution in [0.1, 0.15) is 25.8 Å². The molecular formula is C13H15NO2. The third kappa shape index (κ3) is 2.06. The summed E-state index contributed by atoms with van der Waals surface area (Å²) in [5, 5.41) is 9.28. The summed E-state index contributed by atoms with van der Waals surface area (Å²) in [4.78, 5) is 11.9. The summed E-state index contributed by atoms with van der Waals surface area (Å²) in [6.45, 7) is 3.84. The average Bonchev–Trinajstić information content (AvgIpc) is 2.33. The average molecular weight is 217 g/mol. The van der Waals surface area contributed by atoms with Crippen LogP contribution in [0.25, 0.3) is 0 Å². The van der Waals surface area contributed by atoms with E-state index in [9.17, 15) is 10.1 Å². The molecule has 1 rings (SSSR count).